The second kappa shape index (κ2) is 12.3. The molecule has 1 spiro atoms. The summed E-state index contributed by atoms with van der Waals surface area (Å²) < 4.78 is 19.7. The third-order valence-electron chi connectivity index (χ3n) is 10.2. The van der Waals surface area contributed by atoms with Gasteiger partial charge in [-0.3, -0.25) is 14.4 Å². The lowest BCUT2D eigenvalue weighted by molar-refractivity contribution is -0.149. The van der Waals surface area contributed by atoms with Gasteiger partial charge < -0.3 is 35.2 Å². The first-order chi connectivity index (χ1) is 21.5. The van der Waals surface area contributed by atoms with Crippen LogP contribution in [0.15, 0.2) is 18.7 Å². The average molecular weight is 640 g/mol. The molecule has 3 aliphatic heterocycles. The zero-order chi connectivity index (χ0) is 32.1. The maximum absolute atomic E-state index is 12.1. The van der Waals surface area contributed by atoms with Crippen LogP contribution in [0.25, 0.3) is 11.1 Å². The minimum Gasteiger partial charge on any atom is -0.398 e. The molecule has 4 fully saturated rings. The fourth-order valence-electron chi connectivity index (χ4n) is 8.03. The molecule has 6 rings (SSSR count). The molecule has 11 nitrogen and oxygen atoms in total. The molecule has 244 valence electrons. The first-order valence-electron chi connectivity index (χ1n) is 15.8. The third-order valence-corrected chi connectivity index (χ3v) is 10.7. The number of amides is 1. The Morgan fingerprint density at radius 1 is 1.24 bits per heavy atom. The van der Waals surface area contributed by atoms with Crippen LogP contribution < -0.4 is 10.6 Å². The number of nitrogen functional groups attached to an aromatic ring is 1. The Morgan fingerprint density at radius 3 is 2.64 bits per heavy atom. The van der Waals surface area contributed by atoms with Crippen LogP contribution in [0.2, 0.25) is 5.02 Å². The molecule has 3 N–H and O–H groups in total. The molecular weight excluding hydrogens is 594 g/mol. The standard InChI is InChI=1S/C33H46ClN7O4/c1-6-27(42)39-18-33(19-39)12-23(13-33)41-22(3)28(29-25(14-35)26(36)11-21(2)30(29)34)31(37-41)40-8-7-38(17-32(40,4)20-43-5)15-24-16-44-9-10-45-24/h6,11,14,23-24,35H,1,7-10,12-13,15-20,36H2,2-5H3/t24?,32-/m1/s1. The highest BCUT2D eigenvalue weighted by Crippen LogP contribution is 2.55. The van der Waals surface area contributed by atoms with Crippen molar-refractivity contribution in [3.63, 3.8) is 0 Å². The molecule has 1 aliphatic carbocycles. The van der Waals surface area contributed by atoms with E-state index in [1.54, 1.807) is 7.11 Å². The van der Waals surface area contributed by atoms with Gasteiger partial charge in [0.15, 0.2) is 5.82 Å². The van der Waals surface area contributed by atoms with Crippen LogP contribution in [-0.4, -0.2) is 116 Å². The summed E-state index contributed by atoms with van der Waals surface area (Å²) in [6, 6.07) is 2.03. The second-order valence-electron chi connectivity index (χ2n) is 13.6. The number of halogens is 1. The van der Waals surface area contributed by atoms with Crippen molar-refractivity contribution in [2.75, 3.05) is 83.4 Å². The van der Waals surface area contributed by atoms with Crippen molar-refractivity contribution in [1.82, 2.24) is 19.6 Å². The van der Waals surface area contributed by atoms with Crippen LogP contribution >= 0.6 is 11.6 Å². The number of nitrogens with zero attached hydrogens (tertiary/aromatic N) is 5. The summed E-state index contributed by atoms with van der Waals surface area (Å²) in [5.74, 6) is 0.825. The first kappa shape index (κ1) is 32.0. The summed E-state index contributed by atoms with van der Waals surface area (Å²) in [6.07, 6.45) is 4.64. The molecule has 1 unspecified atom stereocenters. The number of hydrogen-bond acceptors (Lipinski definition) is 9. The van der Waals surface area contributed by atoms with Gasteiger partial charge in [-0.25, -0.2) is 0 Å². The molecule has 12 heteroatoms. The molecular formula is C33H46ClN7O4. The first-order valence-corrected chi connectivity index (χ1v) is 16.2. The Labute approximate surface area is 270 Å². The smallest absolute Gasteiger partial charge is 0.245 e. The monoisotopic (exact) mass is 639 g/mol. The number of methoxy groups -OCH3 is 1. The zero-order valence-corrected chi connectivity index (χ0v) is 27.7. The number of ether oxygens (including phenoxy) is 3. The number of piperazine rings is 1. The number of likely N-dealkylation sites (tertiary alicyclic amines) is 1. The van der Waals surface area contributed by atoms with E-state index in [9.17, 15) is 4.79 Å². The molecule has 0 radical (unpaired) electrons. The van der Waals surface area contributed by atoms with Crippen molar-refractivity contribution in [1.29, 1.82) is 5.41 Å². The van der Waals surface area contributed by atoms with Gasteiger partial charge in [-0.15, -0.1) is 0 Å². The van der Waals surface area contributed by atoms with Crippen LogP contribution in [0.4, 0.5) is 11.5 Å². The predicted octanol–water partition coefficient (Wildman–Crippen LogP) is 3.69. The molecule has 4 aliphatic rings. The van der Waals surface area contributed by atoms with Crippen LogP contribution in [0, 0.1) is 24.7 Å². The highest BCUT2D eigenvalue weighted by Gasteiger charge is 2.55. The van der Waals surface area contributed by atoms with Gasteiger partial charge in [0.2, 0.25) is 5.91 Å². The lowest BCUT2D eigenvalue weighted by atomic mass is 9.60. The number of nitrogens with one attached hydrogen (secondary N) is 1. The molecule has 1 amide bonds. The van der Waals surface area contributed by atoms with Gasteiger partial charge in [0.25, 0.3) is 0 Å². The Morgan fingerprint density at radius 2 is 2.00 bits per heavy atom. The topological polar surface area (TPSA) is 122 Å². The maximum atomic E-state index is 12.1. The number of carbonyl (C=O) groups excluding carboxylic acids is 1. The number of hydrogen-bond donors (Lipinski definition) is 2. The fraction of sp³-hybridized carbons (Fsp3) is 0.606. The van der Waals surface area contributed by atoms with Gasteiger partial charge in [-0.1, -0.05) is 18.2 Å². The van der Waals surface area contributed by atoms with Crippen LogP contribution in [0.5, 0.6) is 0 Å². The molecule has 0 bridgehead atoms. The van der Waals surface area contributed by atoms with E-state index in [-0.39, 0.29) is 23.5 Å². The average Bonchev–Trinajstić information content (AvgIpc) is 3.29. The predicted molar refractivity (Wildman–Crippen MR) is 177 cm³/mol. The zero-order valence-electron chi connectivity index (χ0n) is 26.9. The van der Waals surface area contributed by atoms with E-state index >= 15 is 0 Å². The summed E-state index contributed by atoms with van der Waals surface area (Å²) >= 11 is 7.08. The fourth-order valence-corrected chi connectivity index (χ4v) is 8.28. The van der Waals surface area contributed by atoms with Gasteiger partial charge in [-0.05, 0) is 51.3 Å². The van der Waals surface area contributed by atoms with Crippen molar-refractivity contribution >= 4 is 35.2 Å². The van der Waals surface area contributed by atoms with Crippen LogP contribution in [0.3, 0.4) is 0 Å². The van der Waals surface area contributed by atoms with E-state index in [1.165, 1.54) is 12.3 Å². The number of anilines is 2. The number of rotatable bonds is 9. The molecule has 2 aromatic rings. The van der Waals surface area contributed by atoms with Gasteiger partial charge in [0, 0.05) is 86.1 Å². The highest BCUT2D eigenvalue weighted by molar-refractivity contribution is 6.35. The Balaban J connectivity index is 1.38. The molecule has 1 saturated carbocycles. The number of benzene rings is 1. The van der Waals surface area contributed by atoms with Crippen molar-refractivity contribution < 1.29 is 19.0 Å². The van der Waals surface area contributed by atoms with Crippen molar-refractivity contribution in [2.45, 2.75) is 51.3 Å². The highest BCUT2D eigenvalue weighted by atomic mass is 35.5. The van der Waals surface area contributed by atoms with Gasteiger partial charge in [0.05, 0.1) is 49.1 Å². The summed E-state index contributed by atoms with van der Waals surface area (Å²) in [5.41, 5.74) is 10.8. The van der Waals surface area contributed by atoms with Crippen LogP contribution in [-0.2, 0) is 19.0 Å². The molecule has 1 aromatic carbocycles. The van der Waals surface area contributed by atoms with Crippen molar-refractivity contribution in [2.24, 2.45) is 5.41 Å². The Kier molecular flexibility index (Phi) is 8.77. The largest absolute Gasteiger partial charge is 0.398 e. The van der Waals surface area contributed by atoms with Gasteiger partial charge in [-0.2, -0.15) is 5.10 Å². The molecule has 4 heterocycles. The molecule has 45 heavy (non-hydrogen) atoms. The summed E-state index contributed by atoms with van der Waals surface area (Å²) in [6.45, 7) is 16.9. The van der Waals surface area contributed by atoms with Crippen LogP contribution in [0.1, 0.15) is 42.6 Å². The second-order valence-corrected chi connectivity index (χ2v) is 14.0. The number of aryl methyl sites for hydroxylation is 1. The van der Waals surface area contributed by atoms with E-state index in [4.69, 9.17) is 42.1 Å². The SMILES string of the molecule is C=CC(=O)N1CC2(CC(n3nc(N4CCN(CC5COCCO5)C[C@]4(C)COC)c(-c4c(Cl)c(C)cc(N)c4C=N)c3C)C2)C1. The quantitative estimate of drug-likeness (QED) is 0.242. The summed E-state index contributed by atoms with van der Waals surface area (Å²) in [4.78, 5) is 18.8. The lowest BCUT2D eigenvalue weighted by Gasteiger charge is -2.58. The molecule has 3 saturated heterocycles. The Hall–Kier alpha value is -2.96. The maximum Gasteiger partial charge on any atom is 0.245 e. The van der Waals surface area contributed by atoms with E-state index in [1.807, 2.05) is 17.9 Å². The van der Waals surface area contributed by atoms with E-state index in [0.717, 1.165) is 80.3 Å². The summed E-state index contributed by atoms with van der Waals surface area (Å²) in [7, 11) is 1.74. The van der Waals surface area contributed by atoms with E-state index in [0.29, 0.717) is 42.7 Å². The third kappa shape index (κ3) is 5.67. The molecule has 2 atom stereocenters. The Bertz CT molecular complexity index is 1470. The number of aromatic nitrogens is 2. The number of carbonyl (C=O) groups is 1. The minimum absolute atomic E-state index is 0.00563. The van der Waals surface area contributed by atoms with E-state index in [2.05, 4.69) is 34.9 Å². The number of nitrogens with two attached hydrogens (primary N) is 1. The van der Waals surface area contributed by atoms with Crippen molar-refractivity contribution in [3.05, 3.63) is 40.6 Å². The van der Waals surface area contributed by atoms with E-state index < -0.39 is 5.54 Å². The minimum atomic E-state index is -0.407. The summed E-state index contributed by atoms with van der Waals surface area (Å²) in [5, 5.41) is 14.3. The van der Waals surface area contributed by atoms with Gasteiger partial charge >= 0.3 is 0 Å². The normalized spacial score (nSPS) is 25.2. The van der Waals surface area contributed by atoms with Crippen molar-refractivity contribution in [3.8, 4) is 11.1 Å². The molecule has 1 aromatic heterocycles. The van der Waals surface area contributed by atoms with Gasteiger partial charge in [0.1, 0.15) is 0 Å². The lowest BCUT2D eigenvalue weighted by Crippen LogP contribution is -2.64.